The van der Waals surface area contributed by atoms with Crippen LogP contribution in [0, 0.1) is 0 Å². The van der Waals surface area contributed by atoms with E-state index in [-0.39, 0.29) is 17.9 Å². The molecule has 3 aromatic rings. The summed E-state index contributed by atoms with van der Waals surface area (Å²) in [7, 11) is 0. The number of aromatic nitrogens is 1. The smallest absolute Gasteiger partial charge is 0.282 e. The molecule has 0 N–H and O–H groups in total. The molecule has 0 saturated carbocycles. The molecule has 1 atom stereocenters. The van der Waals surface area contributed by atoms with E-state index < -0.39 is 0 Å². The summed E-state index contributed by atoms with van der Waals surface area (Å²) >= 11 is 3.06. The van der Waals surface area contributed by atoms with E-state index in [4.69, 9.17) is 0 Å². The van der Waals surface area contributed by atoms with Crippen LogP contribution in [0.3, 0.4) is 0 Å². The summed E-state index contributed by atoms with van der Waals surface area (Å²) in [5.41, 5.74) is 3.29. The predicted molar refractivity (Wildman–Crippen MR) is 120 cm³/mol. The summed E-state index contributed by atoms with van der Waals surface area (Å²) in [5.74, 6) is 0.183. The highest BCUT2D eigenvalue weighted by atomic mass is 32.1. The Hall–Kier alpha value is -2.55. The molecule has 0 aliphatic carbocycles. The first-order valence-electron chi connectivity index (χ1n) is 10.0. The second kappa shape index (κ2) is 8.29. The molecule has 2 amide bonds. The summed E-state index contributed by atoms with van der Waals surface area (Å²) in [5, 5.41) is 6.57. The monoisotopic (exact) mass is 438 g/mol. The summed E-state index contributed by atoms with van der Waals surface area (Å²) < 4.78 is 0. The molecule has 154 valence electrons. The zero-order valence-electron chi connectivity index (χ0n) is 16.4. The third kappa shape index (κ3) is 3.78. The standard InChI is InChI=1S/C22H22N4O2S2/c27-20-13-19(24-6-8-25(9-7-24)22(28)21-23-5-11-30-21)14-26(20)18-3-1-2-16(12-18)17-4-10-29-15-17/h1-5,10-12,15,19H,6-9,13-14H2. The van der Waals surface area contributed by atoms with Gasteiger partial charge in [0.15, 0.2) is 5.01 Å². The molecule has 8 heteroatoms. The molecule has 1 aromatic carbocycles. The number of carbonyl (C=O) groups is 2. The van der Waals surface area contributed by atoms with Crippen LogP contribution in [0.25, 0.3) is 11.1 Å². The first kappa shape index (κ1) is 19.4. The largest absolute Gasteiger partial charge is 0.334 e. The Kier molecular flexibility index (Phi) is 5.37. The van der Waals surface area contributed by atoms with Gasteiger partial charge in [0, 0.05) is 62.5 Å². The highest BCUT2D eigenvalue weighted by molar-refractivity contribution is 7.11. The summed E-state index contributed by atoms with van der Waals surface area (Å²) in [6.07, 6.45) is 2.20. The van der Waals surface area contributed by atoms with Crippen LogP contribution >= 0.6 is 22.7 Å². The molecule has 0 spiro atoms. The summed E-state index contributed by atoms with van der Waals surface area (Å²) in [4.78, 5) is 35.5. The van der Waals surface area contributed by atoms with Crippen LogP contribution in [0.5, 0.6) is 0 Å². The van der Waals surface area contributed by atoms with Gasteiger partial charge in [0.05, 0.1) is 0 Å². The molecule has 2 aliphatic heterocycles. The predicted octanol–water partition coefficient (Wildman–Crippen LogP) is 3.43. The van der Waals surface area contributed by atoms with E-state index in [1.54, 1.807) is 17.5 Å². The first-order chi connectivity index (χ1) is 14.7. The Balaban J connectivity index is 1.23. The van der Waals surface area contributed by atoms with Gasteiger partial charge < -0.3 is 9.80 Å². The molecule has 1 unspecified atom stereocenters. The zero-order valence-corrected chi connectivity index (χ0v) is 18.1. The highest BCUT2D eigenvalue weighted by Gasteiger charge is 2.36. The zero-order chi connectivity index (χ0) is 20.5. The van der Waals surface area contributed by atoms with Crippen LogP contribution in [0.4, 0.5) is 5.69 Å². The van der Waals surface area contributed by atoms with Crippen molar-refractivity contribution >= 4 is 40.2 Å². The first-order valence-corrected chi connectivity index (χ1v) is 11.9. The molecule has 0 bridgehead atoms. The number of carbonyl (C=O) groups excluding carboxylic acids is 2. The Morgan fingerprint density at radius 2 is 1.93 bits per heavy atom. The molecule has 0 radical (unpaired) electrons. The Labute approximate surface area is 183 Å². The van der Waals surface area contributed by atoms with Crippen LogP contribution in [0.1, 0.15) is 16.2 Å². The number of thiazole rings is 1. The molecule has 2 saturated heterocycles. The number of rotatable bonds is 4. The van der Waals surface area contributed by atoms with Gasteiger partial charge in [-0.2, -0.15) is 11.3 Å². The van der Waals surface area contributed by atoms with Crippen molar-refractivity contribution in [2.24, 2.45) is 0 Å². The van der Waals surface area contributed by atoms with E-state index in [0.29, 0.717) is 31.1 Å². The quantitative estimate of drug-likeness (QED) is 0.626. The number of amides is 2. The number of piperazine rings is 1. The Morgan fingerprint density at radius 1 is 1.07 bits per heavy atom. The minimum atomic E-state index is 0.0130. The maximum absolute atomic E-state index is 12.8. The SMILES string of the molecule is O=C(c1nccs1)N1CCN(C2CC(=O)N(c3cccc(-c4ccsc4)c3)C2)CC1. The molecular weight excluding hydrogens is 416 g/mol. The number of nitrogens with zero attached hydrogens (tertiary/aromatic N) is 4. The van der Waals surface area contributed by atoms with Crippen LogP contribution in [0.15, 0.2) is 52.7 Å². The molecule has 2 aliphatic rings. The highest BCUT2D eigenvalue weighted by Crippen LogP contribution is 2.30. The lowest BCUT2D eigenvalue weighted by Gasteiger charge is -2.37. The fourth-order valence-electron chi connectivity index (χ4n) is 4.22. The maximum Gasteiger partial charge on any atom is 0.282 e. The molecule has 30 heavy (non-hydrogen) atoms. The minimum Gasteiger partial charge on any atom is -0.334 e. The van der Waals surface area contributed by atoms with Gasteiger partial charge in [0.2, 0.25) is 5.91 Å². The lowest BCUT2D eigenvalue weighted by atomic mass is 10.1. The molecule has 6 nitrogen and oxygen atoms in total. The van der Waals surface area contributed by atoms with Gasteiger partial charge in [0.1, 0.15) is 0 Å². The van der Waals surface area contributed by atoms with Gasteiger partial charge in [-0.3, -0.25) is 14.5 Å². The van der Waals surface area contributed by atoms with Crippen molar-refractivity contribution in [1.82, 2.24) is 14.8 Å². The van der Waals surface area contributed by atoms with Gasteiger partial charge >= 0.3 is 0 Å². The number of anilines is 1. The van der Waals surface area contributed by atoms with Crippen LogP contribution < -0.4 is 4.90 Å². The van der Waals surface area contributed by atoms with Crippen molar-refractivity contribution in [2.45, 2.75) is 12.5 Å². The second-order valence-electron chi connectivity index (χ2n) is 7.59. The second-order valence-corrected chi connectivity index (χ2v) is 9.26. The normalized spacial score (nSPS) is 20.1. The van der Waals surface area contributed by atoms with Crippen LogP contribution in [0.2, 0.25) is 0 Å². The minimum absolute atomic E-state index is 0.0130. The third-order valence-electron chi connectivity index (χ3n) is 5.85. The molecule has 4 heterocycles. The van der Waals surface area contributed by atoms with E-state index in [2.05, 4.69) is 38.8 Å². The lowest BCUT2D eigenvalue weighted by molar-refractivity contribution is -0.117. The van der Waals surface area contributed by atoms with Gasteiger partial charge in [-0.1, -0.05) is 12.1 Å². The van der Waals surface area contributed by atoms with E-state index in [9.17, 15) is 9.59 Å². The fraction of sp³-hybridized carbons (Fsp3) is 0.318. The van der Waals surface area contributed by atoms with Gasteiger partial charge in [-0.25, -0.2) is 4.98 Å². The average molecular weight is 439 g/mol. The van der Waals surface area contributed by atoms with Crippen molar-refractivity contribution in [3.8, 4) is 11.1 Å². The van der Waals surface area contributed by atoms with E-state index in [1.165, 1.54) is 16.9 Å². The maximum atomic E-state index is 12.8. The fourth-order valence-corrected chi connectivity index (χ4v) is 5.49. The molecular formula is C22H22N4O2S2. The number of hydrogen-bond donors (Lipinski definition) is 0. The van der Waals surface area contributed by atoms with Crippen molar-refractivity contribution in [2.75, 3.05) is 37.6 Å². The topological polar surface area (TPSA) is 56.8 Å². The van der Waals surface area contributed by atoms with Crippen molar-refractivity contribution in [3.63, 3.8) is 0 Å². The Morgan fingerprint density at radius 3 is 2.67 bits per heavy atom. The average Bonchev–Trinajstić information content (AvgIpc) is 3.55. The Bertz CT molecular complexity index is 1030. The van der Waals surface area contributed by atoms with E-state index >= 15 is 0 Å². The molecule has 5 rings (SSSR count). The number of benzene rings is 1. The van der Waals surface area contributed by atoms with Crippen molar-refractivity contribution in [1.29, 1.82) is 0 Å². The van der Waals surface area contributed by atoms with Gasteiger partial charge in [-0.05, 0) is 40.1 Å². The van der Waals surface area contributed by atoms with E-state index in [1.807, 2.05) is 27.3 Å². The van der Waals surface area contributed by atoms with Crippen molar-refractivity contribution in [3.05, 3.63) is 57.7 Å². The number of hydrogen-bond acceptors (Lipinski definition) is 6. The lowest BCUT2D eigenvalue weighted by Crippen LogP contribution is -2.52. The van der Waals surface area contributed by atoms with Crippen LogP contribution in [-0.4, -0.2) is 65.4 Å². The molecule has 2 aromatic heterocycles. The van der Waals surface area contributed by atoms with Gasteiger partial charge in [0.25, 0.3) is 5.91 Å². The van der Waals surface area contributed by atoms with Crippen molar-refractivity contribution < 1.29 is 9.59 Å². The summed E-state index contributed by atoms with van der Waals surface area (Å²) in [6.45, 7) is 3.63. The number of thiophene rings is 1. The third-order valence-corrected chi connectivity index (χ3v) is 7.29. The van der Waals surface area contributed by atoms with E-state index in [0.717, 1.165) is 24.3 Å². The molecule has 2 fully saturated rings. The summed E-state index contributed by atoms with van der Waals surface area (Å²) in [6, 6.07) is 10.5. The van der Waals surface area contributed by atoms with Gasteiger partial charge in [-0.15, -0.1) is 11.3 Å². The van der Waals surface area contributed by atoms with Crippen LogP contribution in [-0.2, 0) is 4.79 Å².